The molecule has 0 aliphatic heterocycles. The Bertz CT molecular complexity index is 583. The Morgan fingerprint density at radius 1 is 1.44 bits per heavy atom. The van der Waals surface area contributed by atoms with Gasteiger partial charge < -0.3 is 5.11 Å². The first-order valence-electron chi connectivity index (χ1n) is 4.37. The minimum Gasteiger partial charge on any atom is -0.476 e. The molecular formula is C10H6N4O2. The van der Waals surface area contributed by atoms with Crippen molar-refractivity contribution in [1.82, 2.24) is 15.4 Å². The summed E-state index contributed by atoms with van der Waals surface area (Å²) in [7, 11) is 0. The molecule has 78 valence electrons. The Kier molecular flexibility index (Phi) is 2.36. The summed E-state index contributed by atoms with van der Waals surface area (Å²) in [6.07, 6.45) is 0. The standard InChI is InChI=1S/C10H6N4O2/c11-5-6-2-1-3-7(4-6)8-9(10(15)16)13-14-12-8/h1-4H,(H,15,16)(H,12,13,14). The highest BCUT2D eigenvalue weighted by molar-refractivity contribution is 5.92. The predicted octanol–water partition coefficient (Wildman–Crippen LogP) is 1.04. The van der Waals surface area contributed by atoms with E-state index in [-0.39, 0.29) is 11.4 Å². The molecule has 2 aromatic rings. The molecule has 6 heteroatoms. The molecule has 0 fully saturated rings. The summed E-state index contributed by atoms with van der Waals surface area (Å²) in [5, 5.41) is 27.1. The van der Waals surface area contributed by atoms with Gasteiger partial charge in [0.15, 0.2) is 5.69 Å². The number of benzene rings is 1. The van der Waals surface area contributed by atoms with Crippen LogP contribution in [-0.2, 0) is 0 Å². The molecule has 0 unspecified atom stereocenters. The van der Waals surface area contributed by atoms with E-state index in [0.717, 1.165) is 0 Å². The molecular weight excluding hydrogens is 208 g/mol. The Hall–Kier alpha value is -2.68. The maximum atomic E-state index is 10.8. The zero-order valence-corrected chi connectivity index (χ0v) is 8.01. The molecule has 0 spiro atoms. The number of H-pyrrole nitrogens is 1. The number of nitrogens with one attached hydrogen (secondary N) is 1. The maximum absolute atomic E-state index is 10.8. The summed E-state index contributed by atoms with van der Waals surface area (Å²) in [5.41, 5.74) is 1.06. The summed E-state index contributed by atoms with van der Waals surface area (Å²) in [5.74, 6) is -1.16. The second-order valence-electron chi connectivity index (χ2n) is 3.02. The van der Waals surface area contributed by atoms with Gasteiger partial charge in [0.2, 0.25) is 0 Å². The molecule has 0 atom stereocenters. The first-order chi connectivity index (χ1) is 7.72. The third-order valence-electron chi connectivity index (χ3n) is 2.02. The van der Waals surface area contributed by atoms with E-state index in [1.165, 1.54) is 0 Å². The fraction of sp³-hybridized carbons (Fsp3) is 0. The van der Waals surface area contributed by atoms with Crippen molar-refractivity contribution in [3.8, 4) is 17.3 Å². The Morgan fingerprint density at radius 3 is 2.94 bits per heavy atom. The fourth-order valence-corrected chi connectivity index (χ4v) is 1.32. The number of aromatic amines is 1. The molecule has 1 heterocycles. The molecule has 1 aromatic heterocycles. The molecule has 0 radical (unpaired) electrons. The quantitative estimate of drug-likeness (QED) is 0.777. The summed E-state index contributed by atoms with van der Waals surface area (Å²) in [6.45, 7) is 0. The number of nitriles is 1. The number of carboxylic acids is 1. The van der Waals surface area contributed by atoms with E-state index in [1.807, 2.05) is 6.07 Å². The van der Waals surface area contributed by atoms with E-state index < -0.39 is 5.97 Å². The van der Waals surface area contributed by atoms with Crippen LogP contribution in [0.5, 0.6) is 0 Å². The Balaban J connectivity index is 2.55. The molecule has 16 heavy (non-hydrogen) atoms. The van der Waals surface area contributed by atoms with Crippen LogP contribution in [0.25, 0.3) is 11.3 Å². The molecule has 2 N–H and O–H groups in total. The predicted molar refractivity (Wildman–Crippen MR) is 53.5 cm³/mol. The van der Waals surface area contributed by atoms with E-state index >= 15 is 0 Å². The zero-order valence-electron chi connectivity index (χ0n) is 8.01. The largest absolute Gasteiger partial charge is 0.476 e. The minimum absolute atomic E-state index is 0.157. The number of nitrogens with zero attached hydrogens (tertiary/aromatic N) is 3. The van der Waals surface area contributed by atoms with Crippen LogP contribution < -0.4 is 0 Å². The van der Waals surface area contributed by atoms with Crippen LogP contribution in [0.15, 0.2) is 24.3 Å². The zero-order chi connectivity index (χ0) is 11.5. The lowest BCUT2D eigenvalue weighted by Crippen LogP contribution is -1.99. The highest BCUT2D eigenvalue weighted by Crippen LogP contribution is 2.20. The summed E-state index contributed by atoms with van der Waals surface area (Å²) in [6, 6.07) is 8.49. The van der Waals surface area contributed by atoms with Gasteiger partial charge in [0, 0.05) is 5.56 Å². The lowest BCUT2D eigenvalue weighted by molar-refractivity contribution is 0.0691. The number of aromatic nitrogens is 3. The van der Waals surface area contributed by atoms with E-state index in [9.17, 15) is 4.79 Å². The normalized spacial score (nSPS) is 9.69. The van der Waals surface area contributed by atoms with Gasteiger partial charge in [-0.15, -0.1) is 5.10 Å². The van der Waals surface area contributed by atoms with Gasteiger partial charge in [0.1, 0.15) is 5.69 Å². The molecule has 6 nitrogen and oxygen atoms in total. The molecule has 0 aliphatic carbocycles. The molecule has 0 aliphatic rings. The van der Waals surface area contributed by atoms with Gasteiger partial charge in [0.25, 0.3) is 0 Å². The molecule has 2 rings (SSSR count). The molecule has 0 amide bonds. The lowest BCUT2D eigenvalue weighted by Gasteiger charge is -1.97. The van der Waals surface area contributed by atoms with Crippen LogP contribution in [0.4, 0.5) is 0 Å². The molecule has 0 bridgehead atoms. The summed E-state index contributed by atoms with van der Waals surface area (Å²) >= 11 is 0. The lowest BCUT2D eigenvalue weighted by atomic mass is 10.1. The second kappa shape index (κ2) is 3.82. The van der Waals surface area contributed by atoms with E-state index in [0.29, 0.717) is 11.1 Å². The average Bonchev–Trinajstić information content (AvgIpc) is 2.78. The first kappa shape index (κ1) is 9.86. The number of carbonyl (C=O) groups is 1. The van der Waals surface area contributed by atoms with Crippen molar-refractivity contribution in [3.63, 3.8) is 0 Å². The van der Waals surface area contributed by atoms with Crippen LogP contribution >= 0.6 is 0 Å². The van der Waals surface area contributed by atoms with Crippen molar-refractivity contribution in [2.75, 3.05) is 0 Å². The third-order valence-corrected chi connectivity index (χ3v) is 2.02. The smallest absolute Gasteiger partial charge is 0.358 e. The number of rotatable bonds is 2. The maximum Gasteiger partial charge on any atom is 0.358 e. The summed E-state index contributed by atoms with van der Waals surface area (Å²) < 4.78 is 0. The average molecular weight is 214 g/mol. The number of hydrogen-bond donors (Lipinski definition) is 2. The van der Waals surface area contributed by atoms with Gasteiger partial charge >= 0.3 is 5.97 Å². The first-order valence-corrected chi connectivity index (χ1v) is 4.37. The van der Waals surface area contributed by atoms with Crippen LogP contribution in [-0.4, -0.2) is 26.5 Å². The summed E-state index contributed by atoms with van der Waals surface area (Å²) in [4.78, 5) is 10.8. The van der Waals surface area contributed by atoms with Gasteiger partial charge in [-0.2, -0.15) is 15.6 Å². The van der Waals surface area contributed by atoms with Crippen molar-refractivity contribution >= 4 is 5.97 Å². The fourth-order valence-electron chi connectivity index (χ4n) is 1.32. The number of carboxylic acid groups (broad SMARTS) is 1. The SMILES string of the molecule is N#Cc1cccc(-c2n[nH]nc2C(=O)O)c1. The number of hydrogen-bond acceptors (Lipinski definition) is 4. The van der Waals surface area contributed by atoms with Gasteiger partial charge in [-0.3, -0.25) is 0 Å². The highest BCUT2D eigenvalue weighted by Gasteiger charge is 2.16. The van der Waals surface area contributed by atoms with Crippen molar-refractivity contribution in [2.45, 2.75) is 0 Å². The molecule has 0 saturated carbocycles. The van der Waals surface area contributed by atoms with E-state index in [4.69, 9.17) is 10.4 Å². The van der Waals surface area contributed by atoms with Crippen LogP contribution in [0, 0.1) is 11.3 Å². The Morgan fingerprint density at radius 2 is 2.25 bits per heavy atom. The van der Waals surface area contributed by atoms with Crippen molar-refractivity contribution in [3.05, 3.63) is 35.5 Å². The van der Waals surface area contributed by atoms with E-state index in [1.54, 1.807) is 24.3 Å². The van der Waals surface area contributed by atoms with Crippen LogP contribution in [0.2, 0.25) is 0 Å². The van der Waals surface area contributed by atoms with Gasteiger partial charge in [-0.1, -0.05) is 12.1 Å². The third kappa shape index (κ3) is 1.62. The molecule has 1 aromatic carbocycles. The topological polar surface area (TPSA) is 103 Å². The van der Waals surface area contributed by atoms with Gasteiger partial charge in [-0.05, 0) is 12.1 Å². The van der Waals surface area contributed by atoms with Crippen molar-refractivity contribution in [1.29, 1.82) is 5.26 Å². The van der Waals surface area contributed by atoms with Crippen LogP contribution in [0.1, 0.15) is 16.1 Å². The molecule has 0 saturated heterocycles. The van der Waals surface area contributed by atoms with Gasteiger partial charge in [-0.25, -0.2) is 4.79 Å². The van der Waals surface area contributed by atoms with Crippen molar-refractivity contribution < 1.29 is 9.90 Å². The van der Waals surface area contributed by atoms with Crippen LogP contribution in [0.3, 0.4) is 0 Å². The second-order valence-corrected chi connectivity index (χ2v) is 3.02. The van der Waals surface area contributed by atoms with Gasteiger partial charge in [0.05, 0.1) is 11.6 Å². The Labute approximate surface area is 90.2 Å². The van der Waals surface area contributed by atoms with Crippen molar-refractivity contribution in [2.24, 2.45) is 0 Å². The highest BCUT2D eigenvalue weighted by atomic mass is 16.4. The minimum atomic E-state index is -1.16. The van der Waals surface area contributed by atoms with E-state index in [2.05, 4.69) is 15.4 Å². The monoisotopic (exact) mass is 214 g/mol. The number of aromatic carboxylic acids is 1.